The summed E-state index contributed by atoms with van der Waals surface area (Å²) in [7, 11) is 3.25. The first kappa shape index (κ1) is 16.1. The number of hydrogen-bond acceptors (Lipinski definition) is 4. The molecular formula is C18H26N2O3. The van der Waals surface area contributed by atoms with Crippen molar-refractivity contribution in [3.8, 4) is 11.5 Å². The summed E-state index contributed by atoms with van der Waals surface area (Å²) in [5, 5.41) is 6.80. The van der Waals surface area contributed by atoms with E-state index in [9.17, 15) is 4.79 Å². The van der Waals surface area contributed by atoms with Crippen LogP contribution in [0.25, 0.3) is 0 Å². The zero-order valence-corrected chi connectivity index (χ0v) is 13.9. The predicted octanol–water partition coefficient (Wildman–Crippen LogP) is 2.04. The fourth-order valence-corrected chi connectivity index (χ4v) is 3.77. The number of aryl methyl sites for hydroxylation is 1. The van der Waals surface area contributed by atoms with Crippen LogP contribution in [0.4, 0.5) is 0 Å². The van der Waals surface area contributed by atoms with Gasteiger partial charge in [0.15, 0.2) is 11.5 Å². The molecule has 126 valence electrons. The van der Waals surface area contributed by atoms with Gasteiger partial charge in [-0.1, -0.05) is 6.07 Å². The van der Waals surface area contributed by atoms with Gasteiger partial charge < -0.3 is 20.1 Å². The van der Waals surface area contributed by atoms with E-state index in [0.29, 0.717) is 42.5 Å². The van der Waals surface area contributed by atoms with E-state index in [1.807, 2.05) is 18.2 Å². The van der Waals surface area contributed by atoms with Crippen LogP contribution >= 0.6 is 0 Å². The zero-order valence-electron chi connectivity index (χ0n) is 13.9. The molecule has 1 amide bonds. The van der Waals surface area contributed by atoms with Gasteiger partial charge in [-0.25, -0.2) is 0 Å². The van der Waals surface area contributed by atoms with E-state index in [1.54, 1.807) is 14.2 Å². The summed E-state index contributed by atoms with van der Waals surface area (Å²) in [5.74, 6) is 1.57. The number of rotatable bonds is 6. The summed E-state index contributed by atoms with van der Waals surface area (Å²) in [6.45, 7) is 0. The molecular weight excluding hydrogens is 292 g/mol. The van der Waals surface area contributed by atoms with E-state index in [1.165, 1.54) is 12.8 Å². The quantitative estimate of drug-likeness (QED) is 0.843. The maximum atomic E-state index is 12.2. The highest BCUT2D eigenvalue weighted by Crippen LogP contribution is 2.28. The maximum Gasteiger partial charge on any atom is 0.220 e. The first-order valence-electron chi connectivity index (χ1n) is 8.44. The Kier molecular flexibility index (Phi) is 5.06. The fraction of sp³-hybridized carbons (Fsp3) is 0.611. The molecule has 2 aliphatic heterocycles. The number of carbonyl (C=O) groups excluding carboxylic acids is 1. The molecule has 5 heteroatoms. The van der Waals surface area contributed by atoms with E-state index >= 15 is 0 Å². The van der Waals surface area contributed by atoms with Crippen molar-refractivity contribution in [1.29, 1.82) is 0 Å². The monoisotopic (exact) mass is 318 g/mol. The summed E-state index contributed by atoms with van der Waals surface area (Å²) in [4.78, 5) is 12.2. The third-order valence-electron chi connectivity index (χ3n) is 4.93. The normalized spacial score (nSPS) is 25.9. The lowest BCUT2D eigenvalue weighted by Gasteiger charge is -2.29. The van der Waals surface area contributed by atoms with Crippen LogP contribution in [-0.2, 0) is 11.2 Å². The maximum absolute atomic E-state index is 12.2. The molecule has 2 heterocycles. The van der Waals surface area contributed by atoms with Gasteiger partial charge in [-0.3, -0.25) is 4.79 Å². The summed E-state index contributed by atoms with van der Waals surface area (Å²) >= 11 is 0. The van der Waals surface area contributed by atoms with Gasteiger partial charge in [0.05, 0.1) is 14.2 Å². The third-order valence-corrected chi connectivity index (χ3v) is 4.93. The van der Waals surface area contributed by atoms with Crippen LogP contribution < -0.4 is 20.1 Å². The van der Waals surface area contributed by atoms with Crippen LogP contribution in [0.2, 0.25) is 0 Å². The molecule has 23 heavy (non-hydrogen) atoms. The van der Waals surface area contributed by atoms with Crippen molar-refractivity contribution in [2.24, 2.45) is 0 Å². The number of ether oxygens (including phenoxy) is 2. The molecule has 2 unspecified atom stereocenters. The van der Waals surface area contributed by atoms with E-state index < -0.39 is 0 Å². The first-order chi connectivity index (χ1) is 11.2. The molecule has 3 rings (SSSR count). The van der Waals surface area contributed by atoms with Gasteiger partial charge in [0, 0.05) is 24.5 Å². The number of carbonyl (C=O) groups is 1. The molecule has 1 aromatic carbocycles. The van der Waals surface area contributed by atoms with Gasteiger partial charge in [0.1, 0.15) is 0 Å². The van der Waals surface area contributed by atoms with Crippen LogP contribution in [-0.4, -0.2) is 38.3 Å². The molecule has 2 fully saturated rings. The fourth-order valence-electron chi connectivity index (χ4n) is 3.77. The minimum Gasteiger partial charge on any atom is -0.493 e. The Morgan fingerprint density at radius 3 is 2.52 bits per heavy atom. The van der Waals surface area contributed by atoms with Gasteiger partial charge in [0.2, 0.25) is 5.91 Å². The number of benzene rings is 1. The molecule has 0 aromatic heterocycles. The lowest BCUT2D eigenvalue weighted by molar-refractivity contribution is -0.122. The van der Waals surface area contributed by atoms with Crippen molar-refractivity contribution in [3.63, 3.8) is 0 Å². The summed E-state index contributed by atoms with van der Waals surface area (Å²) in [6, 6.07) is 7.36. The van der Waals surface area contributed by atoms with Crippen molar-refractivity contribution in [3.05, 3.63) is 23.8 Å². The molecule has 1 aromatic rings. The molecule has 2 atom stereocenters. The lowest BCUT2D eigenvalue weighted by atomic mass is 9.99. The Bertz CT molecular complexity index is 549. The molecule has 0 radical (unpaired) electrons. The van der Waals surface area contributed by atoms with Crippen LogP contribution in [0.3, 0.4) is 0 Å². The molecule has 5 nitrogen and oxygen atoms in total. The van der Waals surface area contributed by atoms with Gasteiger partial charge in [0.25, 0.3) is 0 Å². The molecule has 0 saturated carbocycles. The van der Waals surface area contributed by atoms with Crippen LogP contribution in [0.1, 0.15) is 37.7 Å². The highest BCUT2D eigenvalue weighted by atomic mass is 16.5. The van der Waals surface area contributed by atoms with Gasteiger partial charge >= 0.3 is 0 Å². The van der Waals surface area contributed by atoms with E-state index in [4.69, 9.17) is 9.47 Å². The molecule has 0 aliphatic carbocycles. The van der Waals surface area contributed by atoms with Crippen molar-refractivity contribution >= 4 is 5.91 Å². The second-order valence-corrected chi connectivity index (χ2v) is 6.56. The van der Waals surface area contributed by atoms with Gasteiger partial charge in [-0.05, 0) is 49.8 Å². The second kappa shape index (κ2) is 7.21. The van der Waals surface area contributed by atoms with E-state index in [2.05, 4.69) is 10.6 Å². The Morgan fingerprint density at radius 2 is 1.87 bits per heavy atom. The third kappa shape index (κ3) is 3.96. The SMILES string of the molecule is COc1ccc(CCC(=O)NC2CC3CCC(C2)N3)cc1OC. The average Bonchev–Trinajstić information content (AvgIpc) is 2.91. The predicted molar refractivity (Wildman–Crippen MR) is 89.0 cm³/mol. The van der Waals surface area contributed by atoms with Gasteiger partial charge in [-0.2, -0.15) is 0 Å². The largest absolute Gasteiger partial charge is 0.493 e. The number of methoxy groups -OCH3 is 2. The topological polar surface area (TPSA) is 59.6 Å². The van der Waals surface area contributed by atoms with Crippen LogP contribution in [0, 0.1) is 0 Å². The number of nitrogens with one attached hydrogen (secondary N) is 2. The Labute approximate surface area is 137 Å². The highest BCUT2D eigenvalue weighted by molar-refractivity contribution is 5.76. The lowest BCUT2D eigenvalue weighted by Crippen LogP contribution is -2.48. The van der Waals surface area contributed by atoms with Crippen LogP contribution in [0.15, 0.2) is 18.2 Å². The summed E-state index contributed by atoms with van der Waals surface area (Å²) < 4.78 is 10.5. The standard InChI is InChI=1S/C18H26N2O3/c1-22-16-7-3-12(9-17(16)23-2)4-8-18(21)20-15-10-13-5-6-14(11-15)19-13/h3,7,9,13-15,19H,4-6,8,10-11H2,1-2H3,(H,20,21). The average molecular weight is 318 g/mol. The Balaban J connectivity index is 1.49. The summed E-state index contributed by atoms with van der Waals surface area (Å²) in [6.07, 6.45) is 5.86. The minimum atomic E-state index is 0.145. The number of fused-ring (bicyclic) bond motifs is 2. The van der Waals surface area contributed by atoms with E-state index in [0.717, 1.165) is 18.4 Å². The number of piperidine rings is 1. The Hall–Kier alpha value is -1.75. The van der Waals surface area contributed by atoms with Crippen molar-refractivity contribution in [2.45, 2.75) is 56.7 Å². The second-order valence-electron chi connectivity index (χ2n) is 6.56. The Morgan fingerprint density at radius 1 is 1.17 bits per heavy atom. The number of amides is 1. The highest BCUT2D eigenvalue weighted by Gasteiger charge is 2.33. The zero-order chi connectivity index (χ0) is 16.2. The van der Waals surface area contributed by atoms with Gasteiger partial charge in [-0.15, -0.1) is 0 Å². The minimum absolute atomic E-state index is 0.145. The molecule has 0 spiro atoms. The first-order valence-corrected chi connectivity index (χ1v) is 8.44. The van der Waals surface area contributed by atoms with Crippen molar-refractivity contribution in [2.75, 3.05) is 14.2 Å². The number of hydrogen-bond donors (Lipinski definition) is 2. The molecule has 2 N–H and O–H groups in total. The van der Waals surface area contributed by atoms with E-state index in [-0.39, 0.29) is 5.91 Å². The summed E-state index contributed by atoms with van der Waals surface area (Å²) in [5.41, 5.74) is 1.09. The molecule has 2 bridgehead atoms. The smallest absolute Gasteiger partial charge is 0.220 e. The van der Waals surface area contributed by atoms with Crippen LogP contribution in [0.5, 0.6) is 11.5 Å². The molecule has 2 aliphatic rings. The van der Waals surface area contributed by atoms with Crippen molar-refractivity contribution in [1.82, 2.24) is 10.6 Å². The molecule has 2 saturated heterocycles. The van der Waals surface area contributed by atoms with Crippen molar-refractivity contribution < 1.29 is 14.3 Å².